The van der Waals surface area contributed by atoms with E-state index in [2.05, 4.69) is 4.90 Å². The van der Waals surface area contributed by atoms with Crippen molar-refractivity contribution in [3.05, 3.63) is 88.9 Å². The highest BCUT2D eigenvalue weighted by molar-refractivity contribution is 6.30. The second-order valence-electron chi connectivity index (χ2n) is 5.46. The van der Waals surface area contributed by atoms with Crippen LogP contribution in [0.3, 0.4) is 0 Å². The van der Waals surface area contributed by atoms with E-state index in [0.29, 0.717) is 5.02 Å². The lowest BCUT2D eigenvalue weighted by atomic mass is 10.1. The van der Waals surface area contributed by atoms with Crippen molar-refractivity contribution < 1.29 is 10.2 Å². The number of anilines is 3. The first-order chi connectivity index (χ1) is 11.7. The molecule has 4 heteroatoms. The molecule has 24 heavy (non-hydrogen) atoms. The zero-order valence-corrected chi connectivity index (χ0v) is 13.8. The van der Waals surface area contributed by atoms with Crippen LogP contribution < -0.4 is 4.90 Å². The molecule has 3 nitrogen and oxygen atoms in total. The molecule has 3 aromatic rings. The average molecular weight is 340 g/mol. The molecule has 0 radical (unpaired) electrons. The molecule has 0 spiro atoms. The highest BCUT2D eigenvalue weighted by Crippen LogP contribution is 2.35. The number of aliphatic hydroxyl groups is 2. The number of benzene rings is 3. The van der Waals surface area contributed by atoms with Gasteiger partial charge in [-0.3, -0.25) is 0 Å². The van der Waals surface area contributed by atoms with Crippen molar-refractivity contribution in [3.8, 4) is 0 Å². The number of rotatable bonds is 5. The van der Waals surface area contributed by atoms with E-state index in [9.17, 15) is 10.2 Å². The van der Waals surface area contributed by atoms with E-state index >= 15 is 0 Å². The predicted molar refractivity (Wildman–Crippen MR) is 98.0 cm³/mol. The molecule has 3 aromatic carbocycles. The summed E-state index contributed by atoms with van der Waals surface area (Å²) in [6, 6.07) is 23.1. The summed E-state index contributed by atoms with van der Waals surface area (Å²) in [5.74, 6) is 0. The fraction of sp³-hybridized carbons (Fsp3) is 0.100. The van der Waals surface area contributed by atoms with Crippen molar-refractivity contribution in [1.82, 2.24) is 0 Å². The Morgan fingerprint density at radius 3 is 1.25 bits per heavy atom. The summed E-state index contributed by atoms with van der Waals surface area (Å²) in [6.45, 7) is 0.0405. The molecule has 0 aromatic heterocycles. The minimum Gasteiger partial charge on any atom is -0.392 e. The van der Waals surface area contributed by atoms with Crippen LogP contribution in [0.4, 0.5) is 17.1 Å². The summed E-state index contributed by atoms with van der Waals surface area (Å²) < 4.78 is 0. The van der Waals surface area contributed by atoms with Gasteiger partial charge in [0.2, 0.25) is 0 Å². The summed E-state index contributed by atoms with van der Waals surface area (Å²) in [4.78, 5) is 2.10. The van der Waals surface area contributed by atoms with Gasteiger partial charge >= 0.3 is 0 Å². The standard InChI is InChI=1S/C20H18ClNO2/c21-17-5-11-20(12-6-17)22(18-7-1-15(13-23)2-8-18)19-9-3-16(14-24)4-10-19/h1-12,23-24H,13-14H2. The fourth-order valence-electron chi connectivity index (χ4n) is 2.54. The summed E-state index contributed by atoms with van der Waals surface area (Å²) in [6.07, 6.45) is 0. The lowest BCUT2D eigenvalue weighted by Gasteiger charge is -2.25. The average Bonchev–Trinajstić information content (AvgIpc) is 2.64. The van der Waals surface area contributed by atoms with Gasteiger partial charge in [-0.05, 0) is 59.7 Å². The SMILES string of the molecule is OCc1ccc(N(c2ccc(Cl)cc2)c2ccc(CO)cc2)cc1. The molecule has 0 aliphatic carbocycles. The highest BCUT2D eigenvalue weighted by atomic mass is 35.5. The fourth-order valence-corrected chi connectivity index (χ4v) is 2.66. The van der Waals surface area contributed by atoms with Crippen LogP contribution in [0.25, 0.3) is 0 Å². The number of hydrogen-bond donors (Lipinski definition) is 2. The van der Waals surface area contributed by atoms with E-state index in [1.54, 1.807) is 0 Å². The maximum absolute atomic E-state index is 9.24. The zero-order valence-electron chi connectivity index (χ0n) is 13.1. The van der Waals surface area contributed by atoms with Crippen molar-refractivity contribution in [1.29, 1.82) is 0 Å². The van der Waals surface area contributed by atoms with Crippen LogP contribution in [0.5, 0.6) is 0 Å². The van der Waals surface area contributed by atoms with Gasteiger partial charge in [0, 0.05) is 22.1 Å². The third-order valence-electron chi connectivity index (χ3n) is 3.84. The maximum atomic E-state index is 9.24. The Morgan fingerprint density at radius 2 is 0.917 bits per heavy atom. The molecular formula is C20H18ClNO2. The van der Waals surface area contributed by atoms with Gasteiger partial charge in [-0.15, -0.1) is 0 Å². The molecule has 0 heterocycles. The minimum absolute atomic E-state index is 0.0203. The van der Waals surface area contributed by atoms with Crippen LogP contribution in [-0.2, 0) is 13.2 Å². The molecule has 0 fully saturated rings. The molecule has 3 rings (SSSR count). The molecule has 122 valence electrons. The monoisotopic (exact) mass is 339 g/mol. The molecular weight excluding hydrogens is 322 g/mol. The van der Waals surface area contributed by atoms with E-state index in [-0.39, 0.29) is 13.2 Å². The normalized spacial score (nSPS) is 10.6. The van der Waals surface area contributed by atoms with Gasteiger partial charge in [-0.1, -0.05) is 35.9 Å². The first-order valence-electron chi connectivity index (χ1n) is 7.66. The quantitative estimate of drug-likeness (QED) is 0.702. The lowest BCUT2D eigenvalue weighted by molar-refractivity contribution is 0.281. The van der Waals surface area contributed by atoms with Crippen LogP contribution >= 0.6 is 11.6 Å². The van der Waals surface area contributed by atoms with Gasteiger partial charge in [-0.2, -0.15) is 0 Å². The van der Waals surface area contributed by atoms with Gasteiger partial charge < -0.3 is 15.1 Å². The summed E-state index contributed by atoms with van der Waals surface area (Å²) >= 11 is 6.01. The molecule has 0 unspecified atom stereocenters. The molecule has 0 aliphatic heterocycles. The van der Waals surface area contributed by atoms with E-state index < -0.39 is 0 Å². The van der Waals surface area contributed by atoms with Gasteiger partial charge in [0.25, 0.3) is 0 Å². The minimum atomic E-state index is 0.0203. The predicted octanol–water partition coefficient (Wildman–Crippen LogP) is 4.79. The van der Waals surface area contributed by atoms with Crippen LogP contribution in [-0.4, -0.2) is 10.2 Å². The van der Waals surface area contributed by atoms with Gasteiger partial charge in [0.1, 0.15) is 0 Å². The smallest absolute Gasteiger partial charge is 0.0681 e. The molecule has 0 aliphatic rings. The Hall–Kier alpha value is -2.33. The Balaban J connectivity index is 2.06. The van der Waals surface area contributed by atoms with Crippen LogP contribution in [0.15, 0.2) is 72.8 Å². The topological polar surface area (TPSA) is 43.7 Å². The van der Waals surface area contributed by atoms with E-state index in [1.807, 2.05) is 72.8 Å². The Morgan fingerprint density at radius 1 is 0.583 bits per heavy atom. The number of hydrogen-bond acceptors (Lipinski definition) is 3. The molecule has 2 N–H and O–H groups in total. The summed E-state index contributed by atoms with van der Waals surface area (Å²) in [5, 5.41) is 19.2. The van der Waals surface area contributed by atoms with Crippen LogP contribution in [0.2, 0.25) is 5.02 Å². The first kappa shape index (κ1) is 16.5. The number of nitrogens with zero attached hydrogens (tertiary/aromatic N) is 1. The second-order valence-corrected chi connectivity index (χ2v) is 5.90. The van der Waals surface area contributed by atoms with E-state index in [4.69, 9.17) is 11.6 Å². The third kappa shape index (κ3) is 3.60. The Labute approximate surface area is 146 Å². The Kier molecular flexibility index (Phi) is 5.16. The second kappa shape index (κ2) is 7.49. The van der Waals surface area contributed by atoms with Crippen molar-refractivity contribution >= 4 is 28.7 Å². The van der Waals surface area contributed by atoms with E-state index in [1.165, 1.54) is 0 Å². The molecule has 0 saturated carbocycles. The first-order valence-corrected chi connectivity index (χ1v) is 8.04. The van der Waals surface area contributed by atoms with Crippen molar-refractivity contribution in [3.63, 3.8) is 0 Å². The summed E-state index contributed by atoms with van der Waals surface area (Å²) in [7, 11) is 0. The van der Waals surface area contributed by atoms with Gasteiger partial charge in [0.05, 0.1) is 13.2 Å². The Bertz CT molecular complexity index is 736. The summed E-state index contributed by atoms with van der Waals surface area (Å²) in [5.41, 5.74) is 4.67. The van der Waals surface area contributed by atoms with Crippen LogP contribution in [0, 0.1) is 0 Å². The third-order valence-corrected chi connectivity index (χ3v) is 4.09. The lowest BCUT2D eigenvalue weighted by Crippen LogP contribution is -2.10. The van der Waals surface area contributed by atoms with Crippen molar-refractivity contribution in [2.45, 2.75) is 13.2 Å². The number of aliphatic hydroxyl groups excluding tert-OH is 2. The van der Waals surface area contributed by atoms with Crippen molar-refractivity contribution in [2.75, 3.05) is 4.90 Å². The molecule has 0 saturated heterocycles. The van der Waals surface area contributed by atoms with Crippen molar-refractivity contribution in [2.24, 2.45) is 0 Å². The largest absolute Gasteiger partial charge is 0.392 e. The van der Waals surface area contributed by atoms with E-state index in [0.717, 1.165) is 28.2 Å². The number of halogens is 1. The molecule has 0 bridgehead atoms. The molecule has 0 amide bonds. The van der Waals surface area contributed by atoms with Crippen LogP contribution in [0.1, 0.15) is 11.1 Å². The molecule has 0 atom stereocenters. The highest BCUT2D eigenvalue weighted by Gasteiger charge is 2.12. The zero-order chi connectivity index (χ0) is 16.9. The van der Waals surface area contributed by atoms with Gasteiger partial charge in [0.15, 0.2) is 0 Å². The van der Waals surface area contributed by atoms with Gasteiger partial charge in [-0.25, -0.2) is 0 Å². The maximum Gasteiger partial charge on any atom is 0.0681 e.